The number of nitro groups is 1. The second-order valence-electron chi connectivity index (χ2n) is 10.6. The molecule has 45 heavy (non-hydrogen) atoms. The summed E-state index contributed by atoms with van der Waals surface area (Å²) in [4.78, 5) is 29.2. The Hall–Kier alpha value is -4.54. The normalized spacial score (nSPS) is 11.4. The van der Waals surface area contributed by atoms with Gasteiger partial charge in [0, 0.05) is 17.7 Å². The second-order valence-corrected chi connectivity index (χ2v) is 11.9. The van der Waals surface area contributed by atoms with Crippen LogP contribution in [0.25, 0.3) is 22.3 Å². The first-order valence-electron chi connectivity index (χ1n) is 14.3. The highest BCUT2D eigenvalue weighted by atomic mass is 79.9. The SMILES string of the molecule is CCOc1cc(C)c(-c2nc3ccccc3c(=O)n2N=Cc2cc(Cl)c(OCc3ccc([N+](=O)[O-])cc3)c(Br)c2)cc1C(C)C. The van der Waals surface area contributed by atoms with Crippen LogP contribution in [0.4, 0.5) is 5.69 Å². The summed E-state index contributed by atoms with van der Waals surface area (Å²) in [6.45, 7) is 8.80. The number of non-ortho nitro benzene ring substituents is 1. The van der Waals surface area contributed by atoms with E-state index in [1.54, 1.807) is 42.6 Å². The number of aryl methyl sites for hydroxylation is 1. The summed E-state index contributed by atoms with van der Waals surface area (Å²) in [6, 6.07) is 20.8. The van der Waals surface area contributed by atoms with Crippen molar-refractivity contribution in [3.63, 3.8) is 0 Å². The third-order valence-electron chi connectivity index (χ3n) is 7.15. The number of benzene rings is 4. The molecular weight excluding hydrogens is 660 g/mol. The van der Waals surface area contributed by atoms with E-state index in [9.17, 15) is 14.9 Å². The Morgan fingerprint density at radius 1 is 1.09 bits per heavy atom. The Balaban J connectivity index is 1.53. The van der Waals surface area contributed by atoms with Crippen LogP contribution < -0.4 is 15.0 Å². The fourth-order valence-corrected chi connectivity index (χ4v) is 5.85. The van der Waals surface area contributed by atoms with E-state index in [1.165, 1.54) is 16.8 Å². The summed E-state index contributed by atoms with van der Waals surface area (Å²) in [5.41, 5.74) is 4.31. The van der Waals surface area contributed by atoms with Gasteiger partial charge in [0.15, 0.2) is 11.6 Å². The number of rotatable bonds is 10. The Labute approximate surface area is 273 Å². The number of halogens is 2. The summed E-state index contributed by atoms with van der Waals surface area (Å²) in [7, 11) is 0. The topological polar surface area (TPSA) is 109 Å². The molecule has 9 nitrogen and oxygen atoms in total. The van der Waals surface area contributed by atoms with Gasteiger partial charge in [-0.15, -0.1) is 0 Å². The predicted molar refractivity (Wildman–Crippen MR) is 181 cm³/mol. The second kappa shape index (κ2) is 13.6. The number of aromatic nitrogens is 2. The molecule has 11 heteroatoms. The molecule has 0 bridgehead atoms. The zero-order valence-corrected chi connectivity index (χ0v) is 27.4. The van der Waals surface area contributed by atoms with E-state index in [0.29, 0.717) is 44.1 Å². The molecule has 0 saturated carbocycles. The molecule has 1 aromatic heterocycles. The number of ether oxygens (including phenoxy) is 2. The molecule has 0 fully saturated rings. The first-order valence-corrected chi connectivity index (χ1v) is 15.4. The number of nitro benzene ring substituents is 1. The first-order chi connectivity index (χ1) is 21.6. The molecule has 5 rings (SSSR count). The van der Waals surface area contributed by atoms with Crippen LogP contribution in [0.3, 0.4) is 0 Å². The molecule has 0 radical (unpaired) electrons. The molecule has 0 aliphatic rings. The van der Waals surface area contributed by atoms with Crippen LogP contribution in [0.15, 0.2) is 87.2 Å². The molecule has 0 atom stereocenters. The molecular formula is C34H30BrClN4O5. The van der Waals surface area contributed by atoms with Crippen LogP contribution in [0.1, 0.15) is 48.9 Å². The van der Waals surface area contributed by atoms with Crippen molar-refractivity contribution >= 4 is 50.3 Å². The summed E-state index contributed by atoms with van der Waals surface area (Å²) in [5, 5.41) is 16.3. The van der Waals surface area contributed by atoms with Gasteiger partial charge >= 0.3 is 0 Å². The lowest BCUT2D eigenvalue weighted by Crippen LogP contribution is -2.21. The molecule has 4 aromatic carbocycles. The van der Waals surface area contributed by atoms with Crippen LogP contribution in [0.2, 0.25) is 5.02 Å². The van der Waals surface area contributed by atoms with Gasteiger partial charge in [0.25, 0.3) is 11.2 Å². The van der Waals surface area contributed by atoms with Crippen molar-refractivity contribution in [3.05, 3.63) is 125 Å². The molecule has 0 unspecified atom stereocenters. The van der Waals surface area contributed by atoms with Crippen molar-refractivity contribution < 1.29 is 14.4 Å². The lowest BCUT2D eigenvalue weighted by Gasteiger charge is -2.18. The maximum Gasteiger partial charge on any atom is 0.282 e. The highest BCUT2D eigenvalue weighted by Gasteiger charge is 2.19. The molecule has 0 saturated heterocycles. The van der Waals surface area contributed by atoms with E-state index in [2.05, 4.69) is 34.9 Å². The van der Waals surface area contributed by atoms with Gasteiger partial charge in [-0.25, -0.2) is 4.98 Å². The summed E-state index contributed by atoms with van der Waals surface area (Å²) >= 11 is 10.1. The fourth-order valence-electron chi connectivity index (χ4n) is 4.86. The van der Waals surface area contributed by atoms with Gasteiger partial charge in [0.1, 0.15) is 12.4 Å². The van der Waals surface area contributed by atoms with Crippen molar-refractivity contribution in [2.24, 2.45) is 5.10 Å². The first kappa shape index (κ1) is 31.9. The Morgan fingerprint density at radius 3 is 2.49 bits per heavy atom. The fraction of sp³-hybridized carbons (Fsp3) is 0.206. The predicted octanol–water partition coefficient (Wildman–Crippen LogP) is 8.68. The largest absolute Gasteiger partial charge is 0.494 e. The van der Waals surface area contributed by atoms with E-state index in [1.807, 2.05) is 38.1 Å². The zero-order valence-electron chi connectivity index (χ0n) is 25.1. The molecule has 0 aliphatic carbocycles. The minimum atomic E-state index is -0.453. The van der Waals surface area contributed by atoms with Crippen LogP contribution >= 0.6 is 27.5 Å². The van der Waals surface area contributed by atoms with E-state index >= 15 is 0 Å². The zero-order chi connectivity index (χ0) is 32.2. The van der Waals surface area contributed by atoms with Gasteiger partial charge in [0.2, 0.25) is 0 Å². The van der Waals surface area contributed by atoms with Crippen molar-refractivity contribution in [1.82, 2.24) is 9.66 Å². The van der Waals surface area contributed by atoms with Gasteiger partial charge in [-0.05, 0) is 106 Å². The van der Waals surface area contributed by atoms with Gasteiger partial charge in [-0.1, -0.05) is 37.6 Å². The van der Waals surface area contributed by atoms with Gasteiger partial charge in [-0.3, -0.25) is 14.9 Å². The molecule has 0 N–H and O–H groups in total. The van der Waals surface area contributed by atoms with Crippen LogP contribution in [0.5, 0.6) is 11.5 Å². The van der Waals surface area contributed by atoms with Crippen molar-refractivity contribution in [2.75, 3.05) is 6.61 Å². The highest BCUT2D eigenvalue weighted by Crippen LogP contribution is 2.36. The molecule has 0 aliphatic heterocycles. The van der Waals surface area contributed by atoms with Gasteiger partial charge in [-0.2, -0.15) is 9.78 Å². The Bertz CT molecular complexity index is 1970. The van der Waals surface area contributed by atoms with Crippen LogP contribution in [0, 0.1) is 17.0 Å². The van der Waals surface area contributed by atoms with E-state index < -0.39 is 4.92 Å². The van der Waals surface area contributed by atoms with Crippen LogP contribution in [-0.2, 0) is 6.61 Å². The molecule has 1 heterocycles. The number of fused-ring (bicyclic) bond motifs is 1. The van der Waals surface area contributed by atoms with E-state index in [4.69, 9.17) is 26.1 Å². The molecule has 5 aromatic rings. The average molecular weight is 690 g/mol. The van der Waals surface area contributed by atoms with Gasteiger partial charge in [0.05, 0.1) is 38.1 Å². The Kier molecular flexibility index (Phi) is 9.65. The number of nitrogens with zero attached hydrogens (tertiary/aromatic N) is 4. The monoisotopic (exact) mass is 688 g/mol. The van der Waals surface area contributed by atoms with Crippen molar-refractivity contribution in [2.45, 2.75) is 40.2 Å². The summed E-state index contributed by atoms with van der Waals surface area (Å²) in [6.07, 6.45) is 1.55. The molecule has 0 spiro atoms. The third kappa shape index (κ3) is 6.92. The maximum atomic E-state index is 13.8. The van der Waals surface area contributed by atoms with Crippen LogP contribution in [-0.4, -0.2) is 27.4 Å². The maximum absolute atomic E-state index is 13.8. The molecule has 230 valence electrons. The standard InChI is InChI=1S/C34H30BrClN4O5/c1-5-44-31-14-21(4)27(17-26(31)20(2)3)33-38-30-9-7-6-8-25(30)34(41)39(33)37-18-23-15-28(35)32(29(36)16-23)45-19-22-10-12-24(13-11-22)40(42)43/h6-18,20H,5,19H2,1-4H3. The van der Waals surface area contributed by atoms with Gasteiger partial charge < -0.3 is 9.47 Å². The minimum absolute atomic E-state index is 0.00327. The highest BCUT2D eigenvalue weighted by molar-refractivity contribution is 9.10. The van der Waals surface area contributed by atoms with Crippen molar-refractivity contribution in [3.8, 4) is 22.9 Å². The number of hydrogen-bond donors (Lipinski definition) is 0. The average Bonchev–Trinajstić information content (AvgIpc) is 3.00. The number of hydrogen-bond acceptors (Lipinski definition) is 7. The summed E-state index contributed by atoms with van der Waals surface area (Å²) < 4.78 is 13.7. The number of para-hydroxylation sites is 1. The molecule has 0 amide bonds. The lowest BCUT2D eigenvalue weighted by molar-refractivity contribution is -0.384. The van der Waals surface area contributed by atoms with Crippen molar-refractivity contribution in [1.29, 1.82) is 0 Å². The Morgan fingerprint density at radius 2 is 1.82 bits per heavy atom. The van der Waals surface area contributed by atoms with E-state index in [-0.39, 0.29) is 23.8 Å². The lowest BCUT2D eigenvalue weighted by atomic mass is 9.96. The summed E-state index contributed by atoms with van der Waals surface area (Å²) in [5.74, 6) is 1.80. The quantitative estimate of drug-likeness (QED) is 0.0825. The smallest absolute Gasteiger partial charge is 0.282 e. The minimum Gasteiger partial charge on any atom is -0.494 e. The van der Waals surface area contributed by atoms with E-state index in [0.717, 1.165) is 28.0 Å². The third-order valence-corrected chi connectivity index (χ3v) is 8.02.